The van der Waals surface area contributed by atoms with Crippen molar-refractivity contribution in [3.63, 3.8) is 0 Å². The summed E-state index contributed by atoms with van der Waals surface area (Å²) >= 11 is 6.11. The summed E-state index contributed by atoms with van der Waals surface area (Å²) in [5, 5.41) is 5.25. The van der Waals surface area contributed by atoms with E-state index in [1.54, 1.807) is 41.3 Å². The predicted octanol–water partition coefficient (Wildman–Crippen LogP) is 4.57. The summed E-state index contributed by atoms with van der Waals surface area (Å²) in [4.78, 5) is 8.81. The summed E-state index contributed by atoms with van der Waals surface area (Å²) in [6, 6.07) is 5.22. The van der Waals surface area contributed by atoms with Gasteiger partial charge in [-0.25, -0.2) is 9.50 Å². The van der Waals surface area contributed by atoms with E-state index in [0.29, 0.717) is 16.1 Å². The first-order valence-corrected chi connectivity index (χ1v) is 8.78. The van der Waals surface area contributed by atoms with E-state index in [2.05, 4.69) is 15.1 Å². The number of hydrogen-bond donors (Lipinski definition) is 0. The monoisotopic (exact) mass is 391 g/mol. The van der Waals surface area contributed by atoms with E-state index >= 15 is 0 Å². The molecule has 0 radical (unpaired) electrons. The molecule has 4 aromatic rings. The number of halogens is 4. The summed E-state index contributed by atoms with van der Waals surface area (Å²) in [6.07, 6.45) is 3.06. The molecule has 4 aromatic heterocycles. The van der Waals surface area contributed by atoms with Gasteiger partial charge in [-0.15, -0.1) is 0 Å². The van der Waals surface area contributed by atoms with Crippen LogP contribution in [0.2, 0.25) is 5.15 Å². The molecule has 0 N–H and O–H groups in total. The molecule has 0 aliphatic heterocycles. The third-order valence-electron chi connectivity index (χ3n) is 4.95. The topological polar surface area (TPSA) is 48.0 Å². The smallest absolute Gasteiger partial charge is 0.338 e. The van der Waals surface area contributed by atoms with Crippen LogP contribution in [0.3, 0.4) is 0 Å². The van der Waals surface area contributed by atoms with Crippen molar-refractivity contribution in [2.75, 3.05) is 0 Å². The Labute approximate surface area is 156 Å². The molecular weight excluding hydrogens is 379 g/mol. The van der Waals surface area contributed by atoms with Crippen molar-refractivity contribution in [2.24, 2.45) is 0 Å². The second kappa shape index (κ2) is 5.69. The summed E-state index contributed by atoms with van der Waals surface area (Å²) < 4.78 is 41.2. The Morgan fingerprint density at radius 1 is 1.15 bits per heavy atom. The predicted molar refractivity (Wildman–Crippen MR) is 93.9 cm³/mol. The van der Waals surface area contributed by atoms with Crippen molar-refractivity contribution in [1.82, 2.24) is 24.1 Å². The van der Waals surface area contributed by atoms with Crippen LogP contribution in [0.15, 0.2) is 43.0 Å². The molecule has 0 saturated heterocycles. The van der Waals surface area contributed by atoms with Crippen LogP contribution in [0.1, 0.15) is 29.5 Å². The molecule has 1 aliphatic rings. The number of hydrogen-bond acceptors (Lipinski definition) is 3. The van der Waals surface area contributed by atoms with Crippen LogP contribution in [-0.2, 0) is 6.54 Å². The zero-order valence-electron chi connectivity index (χ0n) is 13.9. The summed E-state index contributed by atoms with van der Waals surface area (Å²) in [5.41, 5.74) is 3.06. The molecule has 138 valence electrons. The largest absolute Gasteiger partial charge is 0.406 e. The lowest BCUT2D eigenvalue weighted by Gasteiger charge is -2.10. The SMILES string of the molecule is FC(F)(F)Cn1ccc2cnc(C3CC3c3cc(Cl)nn4ccnc34)cc21. The quantitative estimate of drug-likeness (QED) is 0.514. The Kier molecular flexibility index (Phi) is 3.49. The number of aromatic nitrogens is 5. The van der Waals surface area contributed by atoms with Crippen LogP contribution < -0.4 is 0 Å². The second-order valence-electron chi connectivity index (χ2n) is 6.79. The van der Waals surface area contributed by atoms with Crippen molar-refractivity contribution < 1.29 is 13.2 Å². The fourth-order valence-corrected chi connectivity index (χ4v) is 3.88. The van der Waals surface area contributed by atoms with Gasteiger partial charge >= 0.3 is 6.18 Å². The fourth-order valence-electron chi connectivity index (χ4n) is 3.68. The Balaban J connectivity index is 1.50. The highest BCUT2D eigenvalue weighted by molar-refractivity contribution is 6.29. The van der Waals surface area contributed by atoms with Gasteiger partial charge in [0.1, 0.15) is 11.7 Å². The number of nitrogens with zero attached hydrogens (tertiary/aromatic N) is 5. The first-order valence-electron chi connectivity index (χ1n) is 8.40. The van der Waals surface area contributed by atoms with Gasteiger partial charge in [0.05, 0.1) is 5.52 Å². The van der Waals surface area contributed by atoms with Crippen LogP contribution in [-0.4, -0.2) is 30.3 Å². The van der Waals surface area contributed by atoms with Crippen molar-refractivity contribution in [3.05, 3.63) is 59.4 Å². The van der Waals surface area contributed by atoms with E-state index in [1.807, 2.05) is 0 Å². The van der Waals surface area contributed by atoms with Gasteiger partial charge < -0.3 is 4.57 Å². The van der Waals surface area contributed by atoms with Crippen LogP contribution in [0.4, 0.5) is 13.2 Å². The normalized spacial score (nSPS) is 19.9. The third-order valence-corrected chi connectivity index (χ3v) is 5.14. The van der Waals surface area contributed by atoms with Gasteiger partial charge in [0.15, 0.2) is 5.65 Å². The lowest BCUT2D eigenvalue weighted by molar-refractivity contribution is -0.139. The highest BCUT2D eigenvalue weighted by Gasteiger charge is 2.42. The molecule has 1 saturated carbocycles. The van der Waals surface area contributed by atoms with E-state index in [0.717, 1.165) is 23.3 Å². The van der Waals surface area contributed by atoms with E-state index in [-0.39, 0.29) is 11.8 Å². The van der Waals surface area contributed by atoms with Crippen molar-refractivity contribution in [3.8, 4) is 0 Å². The maximum atomic E-state index is 12.8. The average molecular weight is 392 g/mol. The molecule has 0 amide bonds. The van der Waals surface area contributed by atoms with Crippen molar-refractivity contribution in [1.29, 1.82) is 0 Å². The van der Waals surface area contributed by atoms with Crippen LogP contribution >= 0.6 is 11.6 Å². The minimum Gasteiger partial charge on any atom is -0.338 e. The molecule has 9 heteroatoms. The maximum absolute atomic E-state index is 12.8. The molecule has 2 atom stereocenters. The van der Waals surface area contributed by atoms with Crippen molar-refractivity contribution >= 4 is 28.2 Å². The molecule has 27 heavy (non-hydrogen) atoms. The fraction of sp³-hybridized carbons (Fsp3) is 0.278. The van der Waals surface area contributed by atoms with Gasteiger partial charge in [-0.3, -0.25) is 4.98 Å². The van der Waals surface area contributed by atoms with Crippen molar-refractivity contribution in [2.45, 2.75) is 31.0 Å². The summed E-state index contributed by atoms with van der Waals surface area (Å²) in [7, 11) is 0. The molecule has 5 rings (SSSR count). The number of alkyl halides is 3. The molecule has 4 heterocycles. The van der Waals surface area contributed by atoms with Crippen LogP contribution in [0.25, 0.3) is 16.6 Å². The molecule has 0 bridgehead atoms. The molecule has 0 spiro atoms. The van der Waals surface area contributed by atoms with Gasteiger partial charge in [-0.1, -0.05) is 11.6 Å². The highest BCUT2D eigenvalue weighted by atomic mass is 35.5. The van der Waals surface area contributed by atoms with E-state index in [1.165, 1.54) is 10.8 Å². The Hall–Kier alpha value is -2.61. The maximum Gasteiger partial charge on any atom is 0.406 e. The summed E-state index contributed by atoms with van der Waals surface area (Å²) in [6.45, 7) is -1.01. The number of pyridine rings is 1. The number of imidazole rings is 1. The minimum absolute atomic E-state index is 0.127. The molecule has 1 aliphatic carbocycles. The van der Waals surface area contributed by atoms with E-state index in [4.69, 9.17) is 11.6 Å². The van der Waals surface area contributed by atoms with E-state index in [9.17, 15) is 13.2 Å². The zero-order valence-corrected chi connectivity index (χ0v) is 14.6. The zero-order chi connectivity index (χ0) is 18.8. The van der Waals surface area contributed by atoms with Gasteiger partial charge in [0.25, 0.3) is 0 Å². The first-order chi connectivity index (χ1) is 12.9. The number of fused-ring (bicyclic) bond motifs is 2. The summed E-state index contributed by atoms with van der Waals surface area (Å²) in [5.74, 6) is 0.300. The second-order valence-corrected chi connectivity index (χ2v) is 7.18. The average Bonchev–Trinajstić information content (AvgIpc) is 3.10. The molecule has 1 fully saturated rings. The Bertz CT molecular complexity index is 1160. The molecule has 2 unspecified atom stereocenters. The van der Waals surface area contributed by atoms with Crippen LogP contribution in [0.5, 0.6) is 0 Å². The first kappa shape index (κ1) is 16.6. The lowest BCUT2D eigenvalue weighted by atomic mass is 10.1. The standard InChI is InChI=1S/C18H13ClF3N5/c19-16-6-13(17-23-2-4-27(17)25-16)11-5-12(11)14-7-15-10(8-24-14)1-3-26(15)9-18(20,21)22/h1-4,6-8,11-12H,5,9H2. The van der Waals surface area contributed by atoms with Gasteiger partial charge in [-0.2, -0.15) is 18.3 Å². The third kappa shape index (κ3) is 2.93. The van der Waals surface area contributed by atoms with Gasteiger partial charge in [0.2, 0.25) is 0 Å². The van der Waals surface area contributed by atoms with Gasteiger partial charge in [0, 0.05) is 47.3 Å². The number of rotatable bonds is 3. The Morgan fingerprint density at radius 3 is 2.81 bits per heavy atom. The molecular formula is C18H13ClF3N5. The van der Waals surface area contributed by atoms with E-state index < -0.39 is 12.7 Å². The molecule has 5 nitrogen and oxygen atoms in total. The van der Waals surface area contributed by atoms with Gasteiger partial charge in [-0.05, 0) is 30.5 Å². The minimum atomic E-state index is -4.27. The molecule has 0 aromatic carbocycles. The lowest BCUT2D eigenvalue weighted by Crippen LogP contribution is -2.16. The Morgan fingerprint density at radius 2 is 2.00 bits per heavy atom. The highest BCUT2D eigenvalue weighted by Crippen LogP contribution is 2.55. The van der Waals surface area contributed by atoms with Crippen LogP contribution in [0, 0.1) is 0 Å².